The fourth-order valence-electron chi connectivity index (χ4n) is 4.15. The summed E-state index contributed by atoms with van der Waals surface area (Å²) in [6.07, 6.45) is 6.03. The first-order valence-corrected chi connectivity index (χ1v) is 12.0. The van der Waals surface area contributed by atoms with Crippen molar-refractivity contribution in [3.05, 3.63) is 42.5 Å². The highest BCUT2D eigenvalue weighted by molar-refractivity contribution is 7.89. The summed E-state index contributed by atoms with van der Waals surface area (Å²) in [6.45, 7) is 3.70. The molecule has 2 N–H and O–H groups in total. The Balaban J connectivity index is 1.84. The summed E-state index contributed by atoms with van der Waals surface area (Å²) in [4.78, 5) is -0.101. The van der Waals surface area contributed by atoms with Crippen molar-refractivity contribution in [1.82, 2.24) is 4.31 Å². The number of halogens is 3. The topological polar surface area (TPSA) is 63.4 Å². The minimum Gasteiger partial charge on any atom is -0.327 e. The van der Waals surface area contributed by atoms with Gasteiger partial charge in [0.1, 0.15) is 0 Å². The first-order valence-electron chi connectivity index (χ1n) is 10.6. The van der Waals surface area contributed by atoms with E-state index in [0.29, 0.717) is 5.92 Å². The molecular formula is C22H33F3N2O2S. The molecule has 0 bridgehead atoms. The molecule has 1 aromatic rings. The molecule has 0 amide bonds. The molecule has 1 aromatic carbocycles. The van der Waals surface area contributed by atoms with Crippen LogP contribution in [0.3, 0.4) is 0 Å². The van der Waals surface area contributed by atoms with Gasteiger partial charge in [-0.1, -0.05) is 25.3 Å². The van der Waals surface area contributed by atoms with Crippen LogP contribution in [0, 0.1) is 5.92 Å². The third kappa shape index (κ3) is 6.82. The number of nitrogens with zero attached hydrogens (tertiary/aromatic N) is 1. The fraction of sp³-hybridized carbons (Fsp3) is 0.636. The third-order valence-corrected chi connectivity index (χ3v) is 8.02. The van der Waals surface area contributed by atoms with Gasteiger partial charge < -0.3 is 5.73 Å². The van der Waals surface area contributed by atoms with E-state index >= 15 is 0 Å². The number of rotatable bonds is 10. The normalized spacial score (nSPS) is 21.5. The number of hydrogen-bond acceptors (Lipinski definition) is 3. The quantitative estimate of drug-likeness (QED) is 0.389. The Hall–Kier alpha value is -1.38. The van der Waals surface area contributed by atoms with Crippen LogP contribution < -0.4 is 5.73 Å². The summed E-state index contributed by atoms with van der Waals surface area (Å²) in [5.74, 6) is 0.596. The lowest BCUT2D eigenvalue weighted by Gasteiger charge is -2.34. The SMILES string of the molecule is C=CCC(N)CCCC[C@H]1CC[C@H](N(C)S(=O)(=O)c2ccc(C(F)(F)F)cc2)CC1. The number of nitrogens with two attached hydrogens (primary N) is 1. The molecule has 1 atom stereocenters. The lowest BCUT2D eigenvalue weighted by atomic mass is 9.83. The Morgan fingerprint density at radius 3 is 2.30 bits per heavy atom. The molecular weight excluding hydrogens is 413 g/mol. The zero-order valence-corrected chi connectivity index (χ0v) is 18.4. The van der Waals surface area contributed by atoms with Gasteiger partial charge in [-0.25, -0.2) is 8.42 Å². The molecule has 170 valence electrons. The maximum atomic E-state index is 12.8. The zero-order chi connectivity index (χ0) is 22.4. The maximum Gasteiger partial charge on any atom is 0.416 e. The van der Waals surface area contributed by atoms with E-state index < -0.39 is 21.8 Å². The van der Waals surface area contributed by atoms with Crippen molar-refractivity contribution < 1.29 is 21.6 Å². The first kappa shape index (κ1) is 24.9. The molecule has 1 saturated carbocycles. The van der Waals surface area contributed by atoms with Crippen LogP contribution in [0.1, 0.15) is 63.4 Å². The van der Waals surface area contributed by atoms with Crippen LogP contribution in [-0.4, -0.2) is 31.9 Å². The fourth-order valence-corrected chi connectivity index (χ4v) is 5.56. The number of alkyl halides is 3. The largest absolute Gasteiger partial charge is 0.416 e. The van der Waals surface area contributed by atoms with E-state index in [1.165, 1.54) is 11.4 Å². The second-order valence-electron chi connectivity index (χ2n) is 8.29. The Bertz CT molecular complexity index is 771. The third-order valence-electron chi connectivity index (χ3n) is 6.10. The van der Waals surface area contributed by atoms with Crippen molar-refractivity contribution in [2.24, 2.45) is 11.7 Å². The molecule has 1 unspecified atom stereocenters. The first-order chi connectivity index (χ1) is 14.1. The van der Waals surface area contributed by atoms with E-state index in [2.05, 4.69) is 6.58 Å². The van der Waals surface area contributed by atoms with E-state index in [9.17, 15) is 21.6 Å². The molecule has 4 nitrogen and oxygen atoms in total. The Labute approximate surface area is 178 Å². The summed E-state index contributed by atoms with van der Waals surface area (Å²) in [5, 5.41) is 0. The van der Waals surface area contributed by atoms with E-state index in [-0.39, 0.29) is 17.0 Å². The molecule has 30 heavy (non-hydrogen) atoms. The predicted octanol–water partition coefficient (Wildman–Crippen LogP) is 5.35. The zero-order valence-electron chi connectivity index (χ0n) is 17.6. The number of unbranched alkanes of at least 4 members (excludes halogenated alkanes) is 1. The van der Waals surface area contributed by atoms with Gasteiger partial charge in [-0.05, 0) is 68.7 Å². The molecule has 8 heteroatoms. The summed E-state index contributed by atoms with van der Waals surface area (Å²) in [5.41, 5.74) is 5.13. The lowest BCUT2D eigenvalue weighted by molar-refractivity contribution is -0.137. The Kier molecular flexibility index (Phi) is 8.94. The summed E-state index contributed by atoms with van der Waals surface area (Å²) < 4.78 is 65.1. The van der Waals surface area contributed by atoms with Gasteiger partial charge in [0.2, 0.25) is 10.0 Å². The summed E-state index contributed by atoms with van der Waals surface area (Å²) in [6, 6.07) is 3.78. The Morgan fingerprint density at radius 1 is 1.17 bits per heavy atom. The molecule has 0 radical (unpaired) electrons. The van der Waals surface area contributed by atoms with Gasteiger partial charge in [0.15, 0.2) is 0 Å². The van der Waals surface area contributed by atoms with Crippen molar-refractivity contribution >= 4 is 10.0 Å². The Morgan fingerprint density at radius 2 is 1.77 bits per heavy atom. The minimum atomic E-state index is -4.48. The molecule has 1 aliphatic rings. The number of benzene rings is 1. The summed E-state index contributed by atoms with van der Waals surface area (Å²) >= 11 is 0. The molecule has 0 aliphatic heterocycles. The highest BCUT2D eigenvalue weighted by Gasteiger charge is 2.33. The average Bonchev–Trinajstić information content (AvgIpc) is 2.71. The molecule has 0 aromatic heterocycles. The molecule has 0 spiro atoms. The van der Waals surface area contributed by atoms with Gasteiger partial charge in [0.05, 0.1) is 10.5 Å². The van der Waals surface area contributed by atoms with Crippen LogP contribution in [-0.2, 0) is 16.2 Å². The van der Waals surface area contributed by atoms with E-state index in [4.69, 9.17) is 5.73 Å². The number of sulfonamides is 1. The van der Waals surface area contributed by atoms with Gasteiger partial charge in [0, 0.05) is 19.1 Å². The second kappa shape index (κ2) is 10.8. The van der Waals surface area contributed by atoms with Crippen LogP contribution >= 0.6 is 0 Å². The van der Waals surface area contributed by atoms with Crippen LogP contribution in [0.5, 0.6) is 0 Å². The standard InChI is InChI=1S/C22H33F3N2O2S/c1-3-6-19(26)8-5-4-7-17-9-13-20(14-10-17)27(2)30(28,29)21-15-11-18(12-16-21)22(23,24)25/h3,11-12,15-17,19-20H,1,4-10,13-14,26H2,2H3/t17-,19?,20-. The summed E-state index contributed by atoms with van der Waals surface area (Å²) in [7, 11) is -2.28. The highest BCUT2D eigenvalue weighted by atomic mass is 32.2. The van der Waals surface area contributed by atoms with Crippen LogP contribution in [0.2, 0.25) is 0 Å². The van der Waals surface area contributed by atoms with Crippen LogP contribution in [0.25, 0.3) is 0 Å². The van der Waals surface area contributed by atoms with Crippen molar-refractivity contribution in [2.45, 2.75) is 80.9 Å². The molecule has 2 rings (SSSR count). The molecule has 0 saturated heterocycles. The predicted molar refractivity (Wildman–Crippen MR) is 113 cm³/mol. The van der Waals surface area contributed by atoms with Gasteiger partial charge in [-0.2, -0.15) is 17.5 Å². The van der Waals surface area contributed by atoms with E-state index in [1.54, 1.807) is 0 Å². The van der Waals surface area contributed by atoms with E-state index in [1.807, 2.05) is 6.08 Å². The molecule has 1 fully saturated rings. The van der Waals surface area contributed by atoms with Gasteiger partial charge in [-0.15, -0.1) is 6.58 Å². The van der Waals surface area contributed by atoms with Crippen molar-refractivity contribution in [3.8, 4) is 0 Å². The van der Waals surface area contributed by atoms with Gasteiger partial charge >= 0.3 is 6.18 Å². The van der Waals surface area contributed by atoms with Crippen LogP contribution in [0.15, 0.2) is 41.8 Å². The maximum absolute atomic E-state index is 12.8. The van der Waals surface area contributed by atoms with Crippen molar-refractivity contribution in [2.75, 3.05) is 7.05 Å². The monoisotopic (exact) mass is 446 g/mol. The highest BCUT2D eigenvalue weighted by Crippen LogP contribution is 2.34. The minimum absolute atomic E-state index is 0.101. The van der Waals surface area contributed by atoms with E-state index in [0.717, 1.165) is 82.1 Å². The van der Waals surface area contributed by atoms with Crippen molar-refractivity contribution in [3.63, 3.8) is 0 Å². The second-order valence-corrected chi connectivity index (χ2v) is 10.3. The van der Waals surface area contributed by atoms with Gasteiger partial charge in [0.25, 0.3) is 0 Å². The lowest BCUT2D eigenvalue weighted by Crippen LogP contribution is -2.39. The number of hydrogen-bond donors (Lipinski definition) is 1. The molecule has 0 heterocycles. The van der Waals surface area contributed by atoms with Crippen molar-refractivity contribution in [1.29, 1.82) is 0 Å². The average molecular weight is 447 g/mol. The smallest absolute Gasteiger partial charge is 0.327 e. The molecule has 1 aliphatic carbocycles. The van der Waals surface area contributed by atoms with Gasteiger partial charge in [-0.3, -0.25) is 0 Å². The van der Waals surface area contributed by atoms with Crippen LogP contribution in [0.4, 0.5) is 13.2 Å².